The van der Waals surface area contributed by atoms with E-state index in [2.05, 4.69) is 17.3 Å². The van der Waals surface area contributed by atoms with Gasteiger partial charge in [0.1, 0.15) is 5.76 Å². The molecule has 3 rings (SSSR count). The van der Waals surface area contributed by atoms with Crippen LogP contribution in [-0.4, -0.2) is 35.2 Å². The third-order valence-corrected chi connectivity index (χ3v) is 4.63. The SMILES string of the molecule is Cc1noc(C)c1CC(=O)N1CCC(OCc2ccccc2)CC1. The first-order chi connectivity index (χ1) is 11.6. The van der Waals surface area contributed by atoms with E-state index in [9.17, 15) is 4.79 Å². The fraction of sp³-hybridized carbons (Fsp3) is 0.474. The Morgan fingerprint density at radius 2 is 1.96 bits per heavy atom. The fourth-order valence-corrected chi connectivity index (χ4v) is 3.08. The zero-order chi connectivity index (χ0) is 16.9. The zero-order valence-corrected chi connectivity index (χ0v) is 14.3. The number of carbonyl (C=O) groups is 1. The minimum atomic E-state index is 0.144. The summed E-state index contributed by atoms with van der Waals surface area (Å²) < 4.78 is 11.1. The summed E-state index contributed by atoms with van der Waals surface area (Å²) in [6.45, 7) is 5.87. The van der Waals surface area contributed by atoms with Gasteiger partial charge in [-0.3, -0.25) is 4.79 Å². The molecule has 128 valence electrons. The van der Waals surface area contributed by atoms with Crippen LogP contribution in [0.3, 0.4) is 0 Å². The van der Waals surface area contributed by atoms with Crippen LogP contribution in [0.25, 0.3) is 0 Å². The van der Waals surface area contributed by atoms with Gasteiger partial charge in [-0.25, -0.2) is 0 Å². The quantitative estimate of drug-likeness (QED) is 0.846. The minimum Gasteiger partial charge on any atom is -0.373 e. The maximum absolute atomic E-state index is 12.5. The Bertz CT molecular complexity index is 654. The van der Waals surface area contributed by atoms with Gasteiger partial charge in [0.25, 0.3) is 0 Å². The molecule has 0 bridgehead atoms. The third kappa shape index (κ3) is 4.03. The van der Waals surface area contributed by atoms with E-state index in [0.717, 1.165) is 42.9 Å². The second-order valence-electron chi connectivity index (χ2n) is 6.36. The number of hydrogen-bond donors (Lipinski definition) is 0. The molecular weight excluding hydrogens is 304 g/mol. The van der Waals surface area contributed by atoms with Crippen molar-refractivity contribution in [2.45, 2.75) is 45.8 Å². The lowest BCUT2D eigenvalue weighted by Crippen LogP contribution is -2.41. The van der Waals surface area contributed by atoms with E-state index in [1.807, 2.05) is 36.9 Å². The molecule has 2 heterocycles. The average Bonchev–Trinajstić information content (AvgIpc) is 2.93. The van der Waals surface area contributed by atoms with E-state index in [0.29, 0.717) is 13.0 Å². The molecular formula is C19H24N2O3. The van der Waals surface area contributed by atoms with E-state index in [1.165, 1.54) is 5.56 Å². The topological polar surface area (TPSA) is 55.6 Å². The molecule has 1 fully saturated rings. The van der Waals surface area contributed by atoms with Gasteiger partial charge in [-0.2, -0.15) is 0 Å². The summed E-state index contributed by atoms with van der Waals surface area (Å²) in [6.07, 6.45) is 2.38. The molecule has 1 saturated heterocycles. The number of aryl methyl sites for hydroxylation is 2. The third-order valence-electron chi connectivity index (χ3n) is 4.63. The molecule has 1 aliphatic heterocycles. The lowest BCUT2D eigenvalue weighted by atomic mass is 10.1. The Hall–Kier alpha value is -2.14. The largest absolute Gasteiger partial charge is 0.373 e. The highest BCUT2D eigenvalue weighted by atomic mass is 16.5. The van der Waals surface area contributed by atoms with Gasteiger partial charge in [-0.05, 0) is 32.3 Å². The summed E-state index contributed by atoms with van der Waals surface area (Å²) in [6, 6.07) is 10.2. The molecule has 5 nitrogen and oxygen atoms in total. The van der Waals surface area contributed by atoms with Crippen molar-refractivity contribution < 1.29 is 14.1 Å². The molecule has 1 amide bonds. The second-order valence-corrected chi connectivity index (χ2v) is 6.36. The average molecular weight is 328 g/mol. The van der Waals surface area contributed by atoms with Crippen molar-refractivity contribution in [3.05, 3.63) is 52.9 Å². The monoisotopic (exact) mass is 328 g/mol. The number of likely N-dealkylation sites (tertiary alicyclic amines) is 1. The second kappa shape index (κ2) is 7.62. The zero-order valence-electron chi connectivity index (χ0n) is 14.3. The standard InChI is InChI=1S/C19H24N2O3/c1-14-18(15(2)24-20-14)12-19(22)21-10-8-17(9-11-21)23-13-16-6-4-3-5-7-16/h3-7,17H,8-13H2,1-2H3. The number of amides is 1. The van der Waals surface area contributed by atoms with Crippen molar-refractivity contribution in [1.82, 2.24) is 10.1 Å². The molecule has 0 radical (unpaired) electrons. The summed E-state index contributed by atoms with van der Waals surface area (Å²) in [4.78, 5) is 14.4. The van der Waals surface area contributed by atoms with Crippen molar-refractivity contribution in [2.24, 2.45) is 0 Å². The van der Waals surface area contributed by atoms with Crippen LogP contribution in [0.5, 0.6) is 0 Å². The molecule has 1 aromatic heterocycles. The molecule has 5 heteroatoms. The van der Waals surface area contributed by atoms with Crippen molar-refractivity contribution >= 4 is 5.91 Å². The van der Waals surface area contributed by atoms with Gasteiger partial charge in [0.05, 0.1) is 24.8 Å². The van der Waals surface area contributed by atoms with Gasteiger partial charge in [0, 0.05) is 18.7 Å². The normalized spacial score (nSPS) is 15.7. The summed E-state index contributed by atoms with van der Waals surface area (Å²) in [5.74, 6) is 0.882. The Morgan fingerprint density at radius 3 is 2.58 bits per heavy atom. The van der Waals surface area contributed by atoms with Gasteiger partial charge in [0.15, 0.2) is 0 Å². The number of hydrogen-bond acceptors (Lipinski definition) is 4. The van der Waals surface area contributed by atoms with Crippen molar-refractivity contribution in [1.29, 1.82) is 0 Å². The van der Waals surface area contributed by atoms with Crippen molar-refractivity contribution in [3.8, 4) is 0 Å². The van der Waals surface area contributed by atoms with Crippen LogP contribution >= 0.6 is 0 Å². The van der Waals surface area contributed by atoms with Gasteiger partial charge >= 0.3 is 0 Å². The number of ether oxygens (including phenoxy) is 1. The Morgan fingerprint density at radius 1 is 1.25 bits per heavy atom. The smallest absolute Gasteiger partial charge is 0.227 e. The lowest BCUT2D eigenvalue weighted by Gasteiger charge is -2.32. The van der Waals surface area contributed by atoms with Gasteiger partial charge in [0.2, 0.25) is 5.91 Å². The van der Waals surface area contributed by atoms with Gasteiger partial charge in [-0.1, -0.05) is 35.5 Å². The molecule has 0 saturated carbocycles. The molecule has 0 unspecified atom stereocenters. The Balaban J connectivity index is 1.45. The highest BCUT2D eigenvalue weighted by Crippen LogP contribution is 2.19. The molecule has 1 aliphatic rings. The number of nitrogens with zero attached hydrogens (tertiary/aromatic N) is 2. The Kier molecular flexibility index (Phi) is 5.30. The van der Waals surface area contributed by atoms with Crippen LogP contribution < -0.4 is 0 Å². The van der Waals surface area contributed by atoms with E-state index in [1.54, 1.807) is 0 Å². The number of piperidine rings is 1. The molecule has 0 N–H and O–H groups in total. The highest BCUT2D eigenvalue weighted by molar-refractivity contribution is 5.79. The first-order valence-corrected chi connectivity index (χ1v) is 8.48. The predicted octanol–water partition coefficient (Wildman–Crippen LogP) is 3.04. The summed E-state index contributed by atoms with van der Waals surface area (Å²) >= 11 is 0. The van der Waals surface area contributed by atoms with Crippen LogP contribution in [0, 0.1) is 13.8 Å². The molecule has 0 atom stereocenters. The van der Waals surface area contributed by atoms with Crippen LogP contribution in [0.15, 0.2) is 34.9 Å². The predicted molar refractivity (Wildman–Crippen MR) is 90.5 cm³/mol. The first kappa shape index (κ1) is 16.7. The molecule has 0 aliphatic carbocycles. The number of carbonyl (C=O) groups excluding carboxylic acids is 1. The first-order valence-electron chi connectivity index (χ1n) is 8.48. The summed E-state index contributed by atoms with van der Waals surface area (Å²) in [5, 5.41) is 3.91. The summed E-state index contributed by atoms with van der Waals surface area (Å²) in [7, 11) is 0. The Labute approximate surface area is 142 Å². The van der Waals surface area contributed by atoms with Crippen LogP contribution in [0.1, 0.15) is 35.4 Å². The molecule has 1 aromatic carbocycles. The van der Waals surface area contributed by atoms with E-state index >= 15 is 0 Å². The van der Waals surface area contributed by atoms with Crippen LogP contribution in [0.4, 0.5) is 0 Å². The lowest BCUT2D eigenvalue weighted by molar-refractivity contribution is -0.133. The number of benzene rings is 1. The minimum absolute atomic E-state index is 0.144. The number of rotatable bonds is 5. The molecule has 24 heavy (non-hydrogen) atoms. The van der Waals surface area contributed by atoms with Crippen molar-refractivity contribution in [3.63, 3.8) is 0 Å². The van der Waals surface area contributed by atoms with Crippen molar-refractivity contribution in [2.75, 3.05) is 13.1 Å². The number of aromatic nitrogens is 1. The van der Waals surface area contributed by atoms with Crippen LogP contribution in [0.2, 0.25) is 0 Å². The maximum atomic E-state index is 12.5. The molecule has 0 spiro atoms. The molecule has 2 aromatic rings. The van der Waals surface area contributed by atoms with Gasteiger partial charge < -0.3 is 14.2 Å². The van der Waals surface area contributed by atoms with E-state index in [4.69, 9.17) is 9.26 Å². The van der Waals surface area contributed by atoms with E-state index < -0.39 is 0 Å². The summed E-state index contributed by atoms with van der Waals surface area (Å²) in [5.41, 5.74) is 2.92. The van der Waals surface area contributed by atoms with E-state index in [-0.39, 0.29) is 12.0 Å². The highest BCUT2D eigenvalue weighted by Gasteiger charge is 2.24. The maximum Gasteiger partial charge on any atom is 0.227 e. The van der Waals surface area contributed by atoms with Gasteiger partial charge in [-0.15, -0.1) is 0 Å². The van der Waals surface area contributed by atoms with Crippen LogP contribution in [-0.2, 0) is 22.6 Å². The fourth-order valence-electron chi connectivity index (χ4n) is 3.08.